The van der Waals surface area contributed by atoms with Crippen LogP contribution in [0.3, 0.4) is 0 Å². The molecule has 1 saturated heterocycles. The summed E-state index contributed by atoms with van der Waals surface area (Å²) in [6, 6.07) is 9.45. The number of ether oxygens (including phenoxy) is 1. The summed E-state index contributed by atoms with van der Waals surface area (Å²) in [5, 5.41) is 17.0. The van der Waals surface area contributed by atoms with Crippen LogP contribution >= 0.6 is 0 Å². The van der Waals surface area contributed by atoms with Crippen LogP contribution in [-0.2, 0) is 11.2 Å². The summed E-state index contributed by atoms with van der Waals surface area (Å²) >= 11 is 0. The van der Waals surface area contributed by atoms with Crippen molar-refractivity contribution in [3.8, 4) is 0 Å². The molecular formula is C17H20N4O3. The van der Waals surface area contributed by atoms with Gasteiger partial charge in [0, 0.05) is 6.61 Å². The lowest BCUT2D eigenvalue weighted by Gasteiger charge is -2.22. The summed E-state index contributed by atoms with van der Waals surface area (Å²) in [6.07, 6.45) is 3.60. The molecule has 1 aromatic heterocycles. The SMILES string of the molecule is C=C(N1C(=O)OC[C@H]1c1ccccc1)n1cc(CCCCO)nn1. The second-order valence-corrected chi connectivity index (χ2v) is 5.62. The van der Waals surface area contributed by atoms with Gasteiger partial charge in [0.25, 0.3) is 0 Å². The maximum atomic E-state index is 12.1. The molecule has 1 N–H and O–H groups in total. The molecule has 2 heterocycles. The maximum absolute atomic E-state index is 12.1. The number of nitrogens with zero attached hydrogens (tertiary/aromatic N) is 4. The summed E-state index contributed by atoms with van der Waals surface area (Å²) < 4.78 is 6.70. The van der Waals surface area contributed by atoms with Crippen LogP contribution in [0.15, 0.2) is 43.1 Å². The van der Waals surface area contributed by atoms with E-state index in [-0.39, 0.29) is 19.3 Å². The van der Waals surface area contributed by atoms with E-state index in [1.165, 1.54) is 9.58 Å². The minimum Gasteiger partial charge on any atom is -0.447 e. The molecule has 0 spiro atoms. The second-order valence-electron chi connectivity index (χ2n) is 5.62. The Hall–Kier alpha value is -2.67. The number of amides is 1. The van der Waals surface area contributed by atoms with E-state index in [1.54, 1.807) is 6.20 Å². The quantitative estimate of drug-likeness (QED) is 0.788. The molecule has 1 aliphatic heterocycles. The third-order valence-corrected chi connectivity index (χ3v) is 3.98. The van der Waals surface area contributed by atoms with Crippen molar-refractivity contribution in [3.63, 3.8) is 0 Å². The fourth-order valence-electron chi connectivity index (χ4n) is 2.69. The monoisotopic (exact) mass is 328 g/mol. The fourth-order valence-corrected chi connectivity index (χ4v) is 2.69. The smallest absolute Gasteiger partial charge is 0.416 e. The van der Waals surface area contributed by atoms with Gasteiger partial charge in [0.05, 0.1) is 11.9 Å². The molecule has 2 aromatic rings. The highest BCUT2D eigenvalue weighted by atomic mass is 16.6. The van der Waals surface area contributed by atoms with Crippen molar-refractivity contribution in [1.82, 2.24) is 19.9 Å². The first kappa shape index (κ1) is 16.2. The number of cyclic esters (lactones) is 1. The molecule has 0 bridgehead atoms. The van der Waals surface area contributed by atoms with E-state index < -0.39 is 6.09 Å². The largest absolute Gasteiger partial charge is 0.447 e. The van der Waals surface area contributed by atoms with E-state index in [0.717, 1.165) is 30.5 Å². The first-order chi connectivity index (χ1) is 11.7. The maximum Gasteiger partial charge on any atom is 0.416 e. The van der Waals surface area contributed by atoms with Gasteiger partial charge in [0.15, 0.2) is 0 Å². The number of rotatable bonds is 7. The zero-order valence-corrected chi connectivity index (χ0v) is 13.3. The lowest BCUT2D eigenvalue weighted by molar-refractivity contribution is 0.166. The van der Waals surface area contributed by atoms with Crippen LogP contribution in [0.1, 0.15) is 30.1 Å². The minimum atomic E-state index is -0.439. The number of aliphatic hydroxyl groups is 1. The molecule has 1 atom stereocenters. The van der Waals surface area contributed by atoms with Gasteiger partial charge in [-0.05, 0) is 24.8 Å². The normalized spacial score (nSPS) is 17.1. The molecule has 126 valence electrons. The van der Waals surface area contributed by atoms with E-state index in [1.807, 2.05) is 30.3 Å². The number of aromatic nitrogens is 3. The van der Waals surface area contributed by atoms with E-state index in [4.69, 9.17) is 9.84 Å². The van der Waals surface area contributed by atoms with Gasteiger partial charge in [-0.1, -0.05) is 42.1 Å². The Balaban J connectivity index is 1.76. The Morgan fingerprint density at radius 3 is 2.88 bits per heavy atom. The van der Waals surface area contributed by atoms with Crippen LogP contribution in [0.25, 0.3) is 5.82 Å². The fraction of sp³-hybridized carbons (Fsp3) is 0.353. The van der Waals surface area contributed by atoms with Crippen molar-refractivity contribution in [2.45, 2.75) is 25.3 Å². The van der Waals surface area contributed by atoms with E-state index >= 15 is 0 Å². The Labute approximate surface area is 140 Å². The Morgan fingerprint density at radius 1 is 1.33 bits per heavy atom. The zero-order chi connectivity index (χ0) is 16.9. The topological polar surface area (TPSA) is 80.5 Å². The minimum absolute atomic E-state index is 0.166. The third-order valence-electron chi connectivity index (χ3n) is 3.98. The van der Waals surface area contributed by atoms with Gasteiger partial charge in [-0.15, -0.1) is 5.10 Å². The molecule has 1 aromatic carbocycles. The van der Waals surface area contributed by atoms with Crippen LogP contribution in [-0.4, -0.2) is 44.3 Å². The molecule has 24 heavy (non-hydrogen) atoms. The molecule has 0 saturated carbocycles. The number of carbonyl (C=O) groups excluding carboxylic acids is 1. The second kappa shape index (κ2) is 7.27. The Morgan fingerprint density at radius 2 is 2.12 bits per heavy atom. The van der Waals surface area contributed by atoms with Crippen molar-refractivity contribution in [1.29, 1.82) is 0 Å². The lowest BCUT2D eigenvalue weighted by atomic mass is 10.1. The van der Waals surface area contributed by atoms with Crippen molar-refractivity contribution < 1.29 is 14.6 Å². The van der Waals surface area contributed by atoms with Crippen LogP contribution in [0.2, 0.25) is 0 Å². The summed E-state index contributed by atoms with van der Waals surface area (Å²) in [5.41, 5.74) is 1.78. The predicted molar refractivity (Wildman–Crippen MR) is 87.7 cm³/mol. The van der Waals surface area contributed by atoms with Gasteiger partial charge in [0.1, 0.15) is 18.5 Å². The van der Waals surface area contributed by atoms with E-state index in [2.05, 4.69) is 16.9 Å². The van der Waals surface area contributed by atoms with Crippen molar-refractivity contribution in [2.75, 3.05) is 13.2 Å². The average Bonchev–Trinajstić information content (AvgIpc) is 3.22. The van der Waals surface area contributed by atoms with Gasteiger partial charge in [0.2, 0.25) is 0 Å². The molecule has 7 nitrogen and oxygen atoms in total. The third kappa shape index (κ3) is 3.30. The van der Waals surface area contributed by atoms with E-state index in [0.29, 0.717) is 5.82 Å². The van der Waals surface area contributed by atoms with Crippen molar-refractivity contribution >= 4 is 11.9 Å². The summed E-state index contributed by atoms with van der Waals surface area (Å²) in [4.78, 5) is 13.6. The van der Waals surface area contributed by atoms with Crippen molar-refractivity contribution in [2.24, 2.45) is 0 Å². The molecule has 0 radical (unpaired) electrons. The molecule has 3 rings (SSSR count). The number of unbranched alkanes of at least 4 members (excludes halogenated alkanes) is 1. The standard InChI is InChI=1S/C17H20N4O3/c1-13(20-11-15(18-19-20)9-5-6-10-22)21-16(12-24-17(21)23)14-7-3-2-4-8-14/h2-4,7-8,11,16,22H,1,5-6,9-10,12H2/t16-/m0/s1. The van der Waals surface area contributed by atoms with Crippen molar-refractivity contribution in [3.05, 3.63) is 54.4 Å². The summed E-state index contributed by atoms with van der Waals surface area (Å²) in [5.74, 6) is 0.410. The number of aryl methyl sites for hydroxylation is 1. The highest BCUT2D eigenvalue weighted by molar-refractivity contribution is 5.78. The van der Waals surface area contributed by atoms with Gasteiger partial charge in [-0.3, -0.25) is 4.90 Å². The Kier molecular flexibility index (Phi) is 4.90. The van der Waals surface area contributed by atoms with Crippen LogP contribution in [0, 0.1) is 0 Å². The molecule has 7 heteroatoms. The average molecular weight is 328 g/mol. The summed E-state index contributed by atoms with van der Waals surface area (Å²) in [7, 11) is 0. The first-order valence-corrected chi connectivity index (χ1v) is 7.93. The highest BCUT2D eigenvalue weighted by Gasteiger charge is 2.37. The van der Waals surface area contributed by atoms with Gasteiger partial charge < -0.3 is 9.84 Å². The number of hydrogen-bond donors (Lipinski definition) is 1. The molecule has 1 amide bonds. The molecule has 1 aliphatic rings. The van der Waals surface area contributed by atoms with Crippen LogP contribution in [0.4, 0.5) is 4.79 Å². The molecule has 1 fully saturated rings. The molecule has 0 aliphatic carbocycles. The van der Waals surface area contributed by atoms with Gasteiger partial charge in [-0.2, -0.15) is 0 Å². The zero-order valence-electron chi connectivity index (χ0n) is 13.3. The Bertz CT molecular complexity index is 714. The summed E-state index contributed by atoms with van der Waals surface area (Å²) in [6.45, 7) is 4.43. The van der Waals surface area contributed by atoms with E-state index in [9.17, 15) is 4.79 Å². The van der Waals surface area contributed by atoms with Gasteiger partial charge in [-0.25, -0.2) is 9.48 Å². The number of hydrogen-bond acceptors (Lipinski definition) is 5. The molecular weight excluding hydrogens is 308 g/mol. The number of aliphatic hydroxyl groups excluding tert-OH is 1. The van der Waals surface area contributed by atoms with Crippen LogP contribution in [0.5, 0.6) is 0 Å². The number of benzene rings is 1. The number of carbonyl (C=O) groups is 1. The highest BCUT2D eigenvalue weighted by Crippen LogP contribution is 2.32. The predicted octanol–water partition coefficient (Wildman–Crippen LogP) is 2.21. The molecule has 0 unspecified atom stereocenters. The first-order valence-electron chi connectivity index (χ1n) is 7.93. The van der Waals surface area contributed by atoms with Gasteiger partial charge >= 0.3 is 6.09 Å². The lowest BCUT2D eigenvalue weighted by Crippen LogP contribution is -2.28. The van der Waals surface area contributed by atoms with Crippen LogP contribution < -0.4 is 0 Å².